The number of benzene rings is 1. The number of hydrogen-bond acceptors (Lipinski definition) is 8. The third-order valence-corrected chi connectivity index (χ3v) is 7.21. The van der Waals surface area contributed by atoms with Gasteiger partial charge < -0.3 is 10.2 Å². The second-order valence-corrected chi connectivity index (χ2v) is 9.79. The minimum atomic E-state index is -0.509. The molecule has 0 aliphatic carbocycles. The van der Waals surface area contributed by atoms with Crippen LogP contribution >= 0.6 is 23.1 Å². The Hall–Kier alpha value is -3.05. The van der Waals surface area contributed by atoms with Gasteiger partial charge in [-0.2, -0.15) is 4.99 Å². The Bertz CT molecular complexity index is 1110. The molecule has 0 spiro atoms. The van der Waals surface area contributed by atoms with Gasteiger partial charge in [-0.05, 0) is 43.5 Å². The van der Waals surface area contributed by atoms with Crippen molar-refractivity contribution in [3.8, 4) is 0 Å². The van der Waals surface area contributed by atoms with Crippen LogP contribution in [0.4, 0.5) is 10.8 Å². The number of rotatable bonds is 6. The molecule has 9 nitrogen and oxygen atoms in total. The van der Waals surface area contributed by atoms with Crippen LogP contribution in [0.3, 0.4) is 0 Å². The van der Waals surface area contributed by atoms with Gasteiger partial charge in [0.25, 0.3) is 11.8 Å². The van der Waals surface area contributed by atoms with E-state index in [0.717, 1.165) is 31.1 Å². The molecule has 1 atom stereocenters. The van der Waals surface area contributed by atoms with E-state index < -0.39 is 5.25 Å². The minimum absolute atomic E-state index is 0.0368. The Morgan fingerprint density at radius 1 is 1.09 bits per heavy atom. The van der Waals surface area contributed by atoms with Crippen molar-refractivity contribution in [1.82, 2.24) is 9.88 Å². The van der Waals surface area contributed by atoms with Crippen LogP contribution in [0.15, 0.2) is 34.6 Å². The molecule has 3 amide bonds. The van der Waals surface area contributed by atoms with E-state index in [9.17, 15) is 19.2 Å². The molecular weight excluding hydrogens is 462 g/mol. The number of Topliss-reactive ketones (excluding diaryl/α,β-unsaturated/α-hetero) is 1. The van der Waals surface area contributed by atoms with Gasteiger partial charge >= 0.3 is 0 Å². The van der Waals surface area contributed by atoms with Crippen molar-refractivity contribution in [2.24, 2.45) is 4.99 Å². The van der Waals surface area contributed by atoms with E-state index in [0.29, 0.717) is 22.1 Å². The SMILES string of the molecule is CC(=O)c1csc(NC(=O)c2ccc(NC(=O)CC3SC(N4CCCCC4)=NC3=O)cc2)n1. The van der Waals surface area contributed by atoms with Crippen LogP contribution in [0.5, 0.6) is 0 Å². The maximum Gasteiger partial charge on any atom is 0.262 e. The summed E-state index contributed by atoms with van der Waals surface area (Å²) in [4.78, 5) is 58.7. The van der Waals surface area contributed by atoms with Crippen LogP contribution in [-0.4, -0.2) is 56.9 Å². The Morgan fingerprint density at radius 3 is 2.48 bits per heavy atom. The first-order valence-electron chi connectivity index (χ1n) is 10.6. The standard InChI is InChI=1S/C22H23N5O4S2/c1-13(28)16-12-32-21(24-16)25-19(30)14-5-7-15(8-6-14)23-18(29)11-17-20(31)26-22(33-17)27-9-3-2-4-10-27/h5-8,12,17H,2-4,9-11H2,1H3,(H,23,29)(H,24,25,30). The zero-order chi connectivity index (χ0) is 23.4. The number of ketones is 1. The van der Waals surface area contributed by atoms with E-state index in [1.165, 1.54) is 36.4 Å². The van der Waals surface area contributed by atoms with Crippen molar-refractivity contribution in [3.05, 3.63) is 40.9 Å². The number of piperidine rings is 1. The summed E-state index contributed by atoms with van der Waals surface area (Å²) in [5, 5.41) is 7.56. The molecule has 1 aromatic heterocycles. The molecule has 2 aromatic rings. The highest BCUT2D eigenvalue weighted by molar-refractivity contribution is 8.15. The summed E-state index contributed by atoms with van der Waals surface area (Å²) < 4.78 is 0. The fraction of sp³-hybridized carbons (Fsp3) is 0.364. The minimum Gasteiger partial charge on any atom is -0.351 e. The van der Waals surface area contributed by atoms with Gasteiger partial charge in [-0.1, -0.05) is 11.8 Å². The number of anilines is 2. The molecule has 3 heterocycles. The van der Waals surface area contributed by atoms with Gasteiger partial charge in [0.05, 0.1) is 0 Å². The summed E-state index contributed by atoms with van der Waals surface area (Å²) in [5.41, 5.74) is 1.21. The van der Waals surface area contributed by atoms with E-state index >= 15 is 0 Å². The van der Waals surface area contributed by atoms with Gasteiger partial charge in [0.15, 0.2) is 16.1 Å². The van der Waals surface area contributed by atoms with Crippen LogP contribution in [0.1, 0.15) is 53.5 Å². The molecule has 2 aliphatic heterocycles. The van der Waals surface area contributed by atoms with Crippen LogP contribution in [0, 0.1) is 0 Å². The van der Waals surface area contributed by atoms with Crippen molar-refractivity contribution in [1.29, 1.82) is 0 Å². The fourth-order valence-corrected chi connectivity index (χ4v) is 5.34. The molecule has 0 saturated carbocycles. The molecule has 0 radical (unpaired) electrons. The van der Waals surface area contributed by atoms with E-state index in [1.807, 2.05) is 0 Å². The Balaban J connectivity index is 1.28. The molecular formula is C22H23N5O4S2. The van der Waals surface area contributed by atoms with Gasteiger partial charge in [0, 0.05) is 43.1 Å². The number of amides is 3. The van der Waals surface area contributed by atoms with Crippen molar-refractivity contribution >= 4 is 62.6 Å². The third-order valence-electron chi connectivity index (χ3n) is 5.24. The Morgan fingerprint density at radius 2 is 1.82 bits per heavy atom. The molecule has 172 valence electrons. The average molecular weight is 486 g/mol. The van der Waals surface area contributed by atoms with Gasteiger partial charge in [-0.15, -0.1) is 11.3 Å². The smallest absolute Gasteiger partial charge is 0.262 e. The first kappa shape index (κ1) is 23.1. The number of amidine groups is 1. The van der Waals surface area contributed by atoms with Gasteiger partial charge in [-0.3, -0.25) is 24.5 Å². The molecule has 11 heteroatoms. The number of thiazole rings is 1. The normalized spacial score (nSPS) is 18.1. The lowest BCUT2D eigenvalue weighted by molar-refractivity contribution is -0.121. The number of thioether (sulfide) groups is 1. The summed E-state index contributed by atoms with van der Waals surface area (Å²) in [6.45, 7) is 3.21. The quantitative estimate of drug-likeness (QED) is 0.602. The zero-order valence-electron chi connectivity index (χ0n) is 18.0. The lowest BCUT2D eigenvalue weighted by Gasteiger charge is -2.27. The number of carbonyl (C=O) groups excluding carboxylic acids is 4. The van der Waals surface area contributed by atoms with Crippen LogP contribution < -0.4 is 10.6 Å². The predicted molar refractivity (Wildman–Crippen MR) is 129 cm³/mol. The first-order valence-corrected chi connectivity index (χ1v) is 12.4. The number of likely N-dealkylation sites (tertiary alicyclic amines) is 1. The van der Waals surface area contributed by atoms with Crippen LogP contribution in [0.2, 0.25) is 0 Å². The largest absolute Gasteiger partial charge is 0.351 e. The highest BCUT2D eigenvalue weighted by Crippen LogP contribution is 2.29. The predicted octanol–water partition coefficient (Wildman–Crippen LogP) is 3.41. The molecule has 2 aliphatic rings. The Labute approximate surface area is 199 Å². The summed E-state index contributed by atoms with van der Waals surface area (Å²) in [6.07, 6.45) is 3.42. The molecule has 4 rings (SSSR count). The topological polar surface area (TPSA) is 121 Å². The van der Waals surface area contributed by atoms with Crippen molar-refractivity contribution in [2.75, 3.05) is 23.7 Å². The number of aromatic nitrogens is 1. The summed E-state index contributed by atoms with van der Waals surface area (Å²) in [7, 11) is 0. The number of hydrogen-bond donors (Lipinski definition) is 2. The van der Waals surface area contributed by atoms with Crippen LogP contribution in [0.25, 0.3) is 0 Å². The van der Waals surface area contributed by atoms with E-state index in [2.05, 4.69) is 25.5 Å². The lowest BCUT2D eigenvalue weighted by atomic mass is 10.1. The second-order valence-electron chi connectivity index (χ2n) is 7.76. The third kappa shape index (κ3) is 5.85. The van der Waals surface area contributed by atoms with Gasteiger partial charge in [0.2, 0.25) is 5.91 Å². The van der Waals surface area contributed by atoms with Gasteiger partial charge in [0.1, 0.15) is 10.9 Å². The van der Waals surface area contributed by atoms with E-state index in [1.54, 1.807) is 29.6 Å². The number of carbonyl (C=O) groups is 4. The highest BCUT2D eigenvalue weighted by atomic mass is 32.2. The molecule has 1 aromatic carbocycles. The maximum absolute atomic E-state index is 12.5. The molecule has 2 N–H and O–H groups in total. The molecule has 1 fully saturated rings. The first-order chi connectivity index (χ1) is 15.9. The van der Waals surface area contributed by atoms with Gasteiger partial charge in [-0.25, -0.2) is 4.98 Å². The fourth-order valence-electron chi connectivity index (χ4n) is 3.48. The van der Waals surface area contributed by atoms with Crippen molar-refractivity contribution in [3.63, 3.8) is 0 Å². The summed E-state index contributed by atoms with van der Waals surface area (Å²) in [6, 6.07) is 6.40. The zero-order valence-corrected chi connectivity index (χ0v) is 19.6. The van der Waals surface area contributed by atoms with Crippen molar-refractivity contribution < 1.29 is 19.2 Å². The summed E-state index contributed by atoms with van der Waals surface area (Å²) >= 11 is 2.54. The average Bonchev–Trinajstić information content (AvgIpc) is 3.42. The van der Waals surface area contributed by atoms with Crippen molar-refractivity contribution in [2.45, 2.75) is 37.9 Å². The van der Waals surface area contributed by atoms with Crippen LogP contribution in [-0.2, 0) is 9.59 Å². The van der Waals surface area contributed by atoms with E-state index in [-0.39, 0.29) is 29.9 Å². The number of nitrogens with one attached hydrogen (secondary N) is 2. The lowest BCUT2D eigenvalue weighted by Crippen LogP contribution is -2.33. The molecule has 1 saturated heterocycles. The monoisotopic (exact) mass is 485 g/mol. The molecule has 33 heavy (non-hydrogen) atoms. The number of nitrogens with zero attached hydrogens (tertiary/aromatic N) is 3. The second kappa shape index (κ2) is 10.3. The molecule has 1 unspecified atom stereocenters. The highest BCUT2D eigenvalue weighted by Gasteiger charge is 2.33. The Kier molecular flexibility index (Phi) is 7.19. The van der Waals surface area contributed by atoms with E-state index in [4.69, 9.17) is 0 Å². The number of aliphatic imine (C=N–C) groups is 1. The molecule has 0 bridgehead atoms. The maximum atomic E-state index is 12.5. The summed E-state index contributed by atoms with van der Waals surface area (Å²) in [5.74, 6) is -1.09.